The van der Waals surface area contributed by atoms with E-state index in [2.05, 4.69) is 15.0 Å². The zero-order valence-electron chi connectivity index (χ0n) is 16.9. The molecule has 4 aromatic rings. The van der Waals surface area contributed by atoms with Gasteiger partial charge in [0.15, 0.2) is 0 Å². The maximum atomic E-state index is 12.5. The number of carbonyl (C=O) groups excluding carboxylic acids is 2. The highest BCUT2D eigenvalue weighted by atomic mass is 32.1. The Morgan fingerprint density at radius 1 is 1.00 bits per heavy atom. The molecule has 2 heterocycles. The average Bonchev–Trinajstić information content (AvgIpc) is 3.32. The van der Waals surface area contributed by atoms with Crippen LogP contribution in [0.25, 0.3) is 10.6 Å². The second-order valence-electron chi connectivity index (χ2n) is 6.47. The van der Waals surface area contributed by atoms with Crippen molar-refractivity contribution in [1.82, 2.24) is 15.0 Å². The van der Waals surface area contributed by atoms with Gasteiger partial charge in [-0.1, -0.05) is 18.2 Å². The zero-order chi connectivity index (χ0) is 22.3. The molecule has 0 N–H and O–H groups in total. The van der Waals surface area contributed by atoms with E-state index in [0.717, 1.165) is 5.56 Å². The van der Waals surface area contributed by atoms with Crippen LogP contribution in [0.2, 0.25) is 0 Å². The van der Waals surface area contributed by atoms with Crippen LogP contribution in [0.15, 0.2) is 72.5 Å². The number of benzene rings is 2. The average molecular weight is 447 g/mol. The molecule has 8 nitrogen and oxygen atoms in total. The number of methoxy groups -OCH3 is 1. The number of nitrogens with zero attached hydrogens (tertiary/aromatic N) is 3. The van der Waals surface area contributed by atoms with E-state index in [0.29, 0.717) is 33.5 Å². The van der Waals surface area contributed by atoms with Gasteiger partial charge in [-0.3, -0.25) is 4.98 Å². The van der Waals surface area contributed by atoms with Crippen molar-refractivity contribution in [2.45, 2.75) is 6.61 Å². The van der Waals surface area contributed by atoms with Crippen LogP contribution in [-0.2, 0) is 16.1 Å². The second-order valence-corrected chi connectivity index (χ2v) is 7.32. The summed E-state index contributed by atoms with van der Waals surface area (Å²) in [5.41, 5.74) is 2.17. The summed E-state index contributed by atoms with van der Waals surface area (Å²) >= 11 is 1.39. The molecule has 0 unspecified atom stereocenters. The minimum atomic E-state index is -0.503. The summed E-state index contributed by atoms with van der Waals surface area (Å²) in [5.74, 6) is -0.148. The Labute approximate surface area is 187 Å². The van der Waals surface area contributed by atoms with Gasteiger partial charge in [0.2, 0.25) is 5.88 Å². The smallest absolute Gasteiger partial charge is 0.338 e. The lowest BCUT2D eigenvalue weighted by atomic mass is 10.1. The minimum Gasteiger partial charge on any atom is -0.465 e. The van der Waals surface area contributed by atoms with Crippen LogP contribution >= 0.6 is 11.3 Å². The third-order valence-corrected chi connectivity index (χ3v) is 5.21. The van der Waals surface area contributed by atoms with Crippen molar-refractivity contribution < 1.29 is 23.8 Å². The molecule has 0 aliphatic heterocycles. The molecule has 32 heavy (non-hydrogen) atoms. The highest BCUT2D eigenvalue weighted by molar-refractivity contribution is 7.13. The van der Waals surface area contributed by atoms with Crippen LogP contribution in [0.1, 0.15) is 26.4 Å². The molecule has 0 spiro atoms. The molecule has 2 aromatic heterocycles. The number of rotatable bonds is 7. The molecule has 9 heteroatoms. The van der Waals surface area contributed by atoms with Crippen molar-refractivity contribution in [2.24, 2.45) is 0 Å². The molecule has 0 amide bonds. The van der Waals surface area contributed by atoms with Crippen molar-refractivity contribution >= 4 is 23.3 Å². The highest BCUT2D eigenvalue weighted by Crippen LogP contribution is 2.25. The van der Waals surface area contributed by atoms with Crippen LogP contribution in [0.3, 0.4) is 0 Å². The fourth-order valence-corrected chi connectivity index (χ4v) is 3.57. The number of hydrogen-bond donors (Lipinski definition) is 0. The summed E-state index contributed by atoms with van der Waals surface area (Å²) in [7, 11) is 1.34. The first-order valence-electron chi connectivity index (χ1n) is 9.46. The Hall–Kier alpha value is -4.11. The number of ether oxygens (including phenoxy) is 3. The Balaban J connectivity index is 1.40. The first-order valence-corrected chi connectivity index (χ1v) is 10.3. The molecule has 0 radical (unpaired) electrons. The SMILES string of the molecule is COC(=O)c1cccc(-c2nc(COC(=O)c3cccc(Oc4cnccn4)c3)cs2)c1. The molecule has 0 aliphatic carbocycles. The molecule has 0 fully saturated rings. The standard InChI is InChI=1S/C23H17N3O5S/c1-29-22(27)16-5-2-4-15(10-16)21-26-18(14-32-21)13-30-23(28)17-6-3-7-19(11-17)31-20-12-24-8-9-25-20/h2-12,14H,13H2,1H3. The minimum absolute atomic E-state index is 0.0152. The van der Waals surface area contributed by atoms with Crippen molar-refractivity contribution in [3.05, 3.63) is 89.3 Å². The number of aromatic nitrogens is 3. The molecule has 0 atom stereocenters. The van der Waals surface area contributed by atoms with Gasteiger partial charge < -0.3 is 14.2 Å². The van der Waals surface area contributed by atoms with E-state index in [9.17, 15) is 9.59 Å². The Kier molecular flexibility index (Phi) is 6.47. The van der Waals surface area contributed by atoms with Crippen LogP contribution in [0.4, 0.5) is 0 Å². The van der Waals surface area contributed by atoms with Crippen LogP contribution < -0.4 is 4.74 Å². The summed E-state index contributed by atoms with van der Waals surface area (Å²) in [6, 6.07) is 13.6. The summed E-state index contributed by atoms with van der Waals surface area (Å²) in [4.78, 5) is 36.7. The molecule has 0 saturated carbocycles. The lowest BCUT2D eigenvalue weighted by molar-refractivity contribution is 0.0467. The molecule has 0 saturated heterocycles. The largest absolute Gasteiger partial charge is 0.465 e. The summed E-state index contributed by atoms with van der Waals surface area (Å²) < 4.78 is 15.7. The van der Waals surface area contributed by atoms with Gasteiger partial charge in [-0.25, -0.2) is 19.6 Å². The zero-order valence-corrected chi connectivity index (χ0v) is 17.7. The third-order valence-electron chi connectivity index (χ3n) is 4.27. The van der Waals surface area contributed by atoms with Gasteiger partial charge >= 0.3 is 11.9 Å². The van der Waals surface area contributed by atoms with Crippen LogP contribution in [0, 0.1) is 0 Å². The van der Waals surface area contributed by atoms with E-state index in [1.807, 2.05) is 6.07 Å². The normalized spacial score (nSPS) is 10.4. The fraction of sp³-hybridized carbons (Fsp3) is 0.0870. The molecule has 160 valence electrons. The van der Waals surface area contributed by atoms with Gasteiger partial charge in [-0.15, -0.1) is 11.3 Å². The maximum Gasteiger partial charge on any atom is 0.338 e. The molecular weight excluding hydrogens is 430 g/mol. The maximum absolute atomic E-state index is 12.5. The fourth-order valence-electron chi connectivity index (χ4n) is 2.77. The number of hydrogen-bond acceptors (Lipinski definition) is 9. The van der Waals surface area contributed by atoms with Crippen LogP contribution in [0.5, 0.6) is 11.6 Å². The van der Waals surface area contributed by atoms with E-state index in [-0.39, 0.29) is 6.61 Å². The van der Waals surface area contributed by atoms with Gasteiger partial charge in [-0.05, 0) is 30.3 Å². The van der Waals surface area contributed by atoms with Gasteiger partial charge in [0.05, 0.1) is 30.1 Å². The predicted octanol–water partition coefficient (Wildman–Crippen LogP) is 4.54. The lowest BCUT2D eigenvalue weighted by Crippen LogP contribution is -2.05. The van der Waals surface area contributed by atoms with E-state index >= 15 is 0 Å². The number of esters is 2. The number of thiazole rings is 1. The first kappa shape index (κ1) is 21.1. The van der Waals surface area contributed by atoms with E-state index < -0.39 is 11.9 Å². The molecule has 2 aromatic carbocycles. The summed E-state index contributed by atoms with van der Waals surface area (Å²) in [5, 5.41) is 2.52. The molecule has 0 bridgehead atoms. The van der Waals surface area contributed by atoms with E-state index in [1.165, 1.54) is 30.8 Å². The van der Waals surface area contributed by atoms with Crippen molar-refractivity contribution in [3.63, 3.8) is 0 Å². The molecular formula is C23H17N3O5S. The van der Waals surface area contributed by atoms with E-state index in [4.69, 9.17) is 14.2 Å². The highest BCUT2D eigenvalue weighted by Gasteiger charge is 2.13. The monoisotopic (exact) mass is 447 g/mol. The van der Waals surface area contributed by atoms with E-state index in [1.54, 1.807) is 54.0 Å². The third kappa shape index (κ3) is 5.13. The first-order chi connectivity index (χ1) is 15.6. The number of carbonyl (C=O) groups is 2. The predicted molar refractivity (Wildman–Crippen MR) is 117 cm³/mol. The quantitative estimate of drug-likeness (QED) is 0.381. The second kappa shape index (κ2) is 9.80. The van der Waals surface area contributed by atoms with Gasteiger partial charge in [0.1, 0.15) is 17.4 Å². The summed E-state index contributed by atoms with van der Waals surface area (Å²) in [6.07, 6.45) is 4.54. The van der Waals surface area contributed by atoms with Crippen molar-refractivity contribution in [1.29, 1.82) is 0 Å². The summed E-state index contributed by atoms with van der Waals surface area (Å²) in [6.45, 7) is 0.0152. The Morgan fingerprint density at radius 2 is 1.81 bits per heavy atom. The van der Waals surface area contributed by atoms with Gasteiger partial charge in [0, 0.05) is 23.3 Å². The molecule has 0 aliphatic rings. The Morgan fingerprint density at radius 3 is 2.59 bits per heavy atom. The topological polar surface area (TPSA) is 101 Å². The van der Waals surface area contributed by atoms with Crippen LogP contribution in [-0.4, -0.2) is 34.0 Å². The lowest BCUT2D eigenvalue weighted by Gasteiger charge is -2.06. The van der Waals surface area contributed by atoms with Crippen molar-refractivity contribution in [2.75, 3.05) is 7.11 Å². The Bertz CT molecular complexity index is 1240. The van der Waals surface area contributed by atoms with Crippen molar-refractivity contribution in [3.8, 4) is 22.2 Å². The molecule has 4 rings (SSSR count). The van der Waals surface area contributed by atoms with Gasteiger partial charge in [0.25, 0.3) is 0 Å². The van der Waals surface area contributed by atoms with Gasteiger partial charge in [-0.2, -0.15) is 0 Å².